The third-order valence-corrected chi connectivity index (χ3v) is 5.92. The number of rotatable bonds is 7. The Bertz CT molecular complexity index is 1200. The number of benzene rings is 2. The number of likely N-dealkylation sites (tertiary alicyclic amines) is 1. The zero-order valence-electron chi connectivity index (χ0n) is 19.1. The number of urea groups is 1. The highest BCUT2D eigenvalue weighted by Crippen LogP contribution is 2.29. The number of halogens is 2. The van der Waals surface area contributed by atoms with Gasteiger partial charge in [-0.15, -0.1) is 0 Å². The molecule has 0 saturated carbocycles. The number of hydrogen-bond acceptors (Lipinski definition) is 6. The molecular formula is C24H24ClFN4O5. The van der Waals surface area contributed by atoms with Crippen molar-refractivity contribution in [1.82, 2.24) is 9.88 Å². The summed E-state index contributed by atoms with van der Waals surface area (Å²) in [5.74, 6) is -0.802. The molecule has 11 heteroatoms. The van der Waals surface area contributed by atoms with Crippen molar-refractivity contribution in [2.24, 2.45) is 0 Å². The molecule has 0 bridgehead atoms. The van der Waals surface area contributed by atoms with Crippen molar-refractivity contribution in [3.63, 3.8) is 0 Å². The first-order valence-electron chi connectivity index (χ1n) is 10.8. The fraction of sp³-hybridized carbons (Fsp3) is 0.292. The summed E-state index contributed by atoms with van der Waals surface area (Å²) in [7, 11) is 3.04. The lowest BCUT2D eigenvalue weighted by Gasteiger charge is -2.24. The van der Waals surface area contributed by atoms with Gasteiger partial charge in [0, 0.05) is 43.5 Å². The summed E-state index contributed by atoms with van der Waals surface area (Å²) < 4.78 is 30.7. The summed E-state index contributed by atoms with van der Waals surface area (Å²) in [6.07, 6.45) is 1.20. The van der Waals surface area contributed by atoms with Gasteiger partial charge in [-0.25, -0.2) is 14.2 Å². The van der Waals surface area contributed by atoms with Crippen LogP contribution in [0, 0.1) is 5.82 Å². The van der Waals surface area contributed by atoms with Gasteiger partial charge in [0.1, 0.15) is 17.6 Å². The SMILES string of the molecule is COCc1ncoc1-c1ccc(NC(=O)[C@H]2C[C@@H](OC)CN2C(=O)Nc2ccc(Cl)cc2)c(F)c1. The number of ether oxygens (including phenoxy) is 2. The Morgan fingerprint density at radius 3 is 2.66 bits per heavy atom. The van der Waals surface area contributed by atoms with Crippen LogP contribution in [0.2, 0.25) is 5.02 Å². The zero-order valence-corrected chi connectivity index (χ0v) is 19.8. The van der Waals surface area contributed by atoms with E-state index < -0.39 is 23.8 Å². The normalized spacial score (nSPS) is 17.4. The average Bonchev–Trinajstić information content (AvgIpc) is 3.49. The monoisotopic (exact) mass is 502 g/mol. The van der Waals surface area contributed by atoms with Crippen LogP contribution in [-0.4, -0.2) is 54.7 Å². The fourth-order valence-corrected chi connectivity index (χ4v) is 4.01. The molecule has 4 rings (SSSR count). The van der Waals surface area contributed by atoms with Gasteiger partial charge in [-0.3, -0.25) is 4.79 Å². The van der Waals surface area contributed by atoms with Crippen LogP contribution >= 0.6 is 11.6 Å². The predicted molar refractivity (Wildman–Crippen MR) is 128 cm³/mol. The van der Waals surface area contributed by atoms with Crippen molar-refractivity contribution >= 4 is 34.9 Å². The number of nitrogens with zero attached hydrogens (tertiary/aromatic N) is 2. The standard InChI is InChI=1S/C24H24ClFN4O5/c1-33-12-20-22(35-13-27-20)14-3-8-19(18(26)9-14)29-23(31)21-10-17(34-2)11-30(21)24(32)28-16-6-4-15(25)5-7-16/h3-9,13,17,21H,10-12H2,1-2H3,(H,28,32)(H,29,31)/t17-,21-/m1/s1. The topological polar surface area (TPSA) is 106 Å². The van der Waals surface area contributed by atoms with Crippen LogP contribution < -0.4 is 10.6 Å². The first kappa shape index (κ1) is 24.6. The largest absolute Gasteiger partial charge is 0.443 e. The minimum absolute atomic E-state index is 0.0227. The Hall–Kier alpha value is -3.47. The predicted octanol–water partition coefficient (Wildman–Crippen LogP) is 4.54. The summed E-state index contributed by atoms with van der Waals surface area (Å²) in [5, 5.41) is 5.87. The maximum Gasteiger partial charge on any atom is 0.322 e. The number of anilines is 2. The molecule has 184 valence electrons. The van der Waals surface area contributed by atoms with Crippen LogP contribution in [0.4, 0.5) is 20.6 Å². The molecule has 35 heavy (non-hydrogen) atoms. The van der Waals surface area contributed by atoms with Gasteiger partial charge in [0.05, 0.1) is 18.4 Å². The van der Waals surface area contributed by atoms with Crippen LogP contribution in [0.3, 0.4) is 0 Å². The number of hydrogen-bond donors (Lipinski definition) is 2. The average molecular weight is 503 g/mol. The van der Waals surface area contributed by atoms with Crippen LogP contribution in [0.1, 0.15) is 12.1 Å². The van der Waals surface area contributed by atoms with Gasteiger partial charge in [0.15, 0.2) is 12.2 Å². The molecule has 3 aromatic rings. The molecule has 3 amide bonds. The van der Waals surface area contributed by atoms with Gasteiger partial charge in [-0.05, 0) is 42.5 Å². The van der Waals surface area contributed by atoms with E-state index in [0.29, 0.717) is 27.7 Å². The lowest BCUT2D eigenvalue weighted by Crippen LogP contribution is -2.45. The van der Waals surface area contributed by atoms with Gasteiger partial charge in [0.2, 0.25) is 5.91 Å². The smallest absolute Gasteiger partial charge is 0.322 e. The zero-order chi connectivity index (χ0) is 24.9. The maximum atomic E-state index is 14.9. The second-order valence-electron chi connectivity index (χ2n) is 7.94. The van der Waals surface area contributed by atoms with Crippen molar-refractivity contribution in [1.29, 1.82) is 0 Å². The van der Waals surface area contributed by atoms with Crippen LogP contribution in [0.25, 0.3) is 11.3 Å². The van der Waals surface area contributed by atoms with E-state index in [0.717, 1.165) is 0 Å². The first-order chi connectivity index (χ1) is 16.9. The van der Waals surface area contributed by atoms with Crippen LogP contribution in [-0.2, 0) is 20.9 Å². The molecule has 0 spiro atoms. The molecule has 1 fully saturated rings. The third kappa shape index (κ3) is 5.61. The molecule has 1 aliphatic heterocycles. The number of nitrogens with one attached hydrogen (secondary N) is 2. The van der Waals surface area contributed by atoms with E-state index in [-0.39, 0.29) is 31.4 Å². The Labute approximate surface area is 206 Å². The number of carbonyl (C=O) groups excluding carboxylic acids is 2. The molecule has 0 aliphatic carbocycles. The lowest BCUT2D eigenvalue weighted by atomic mass is 10.1. The summed E-state index contributed by atoms with van der Waals surface area (Å²) in [6.45, 7) is 0.422. The molecular weight excluding hydrogens is 479 g/mol. The summed E-state index contributed by atoms with van der Waals surface area (Å²) >= 11 is 5.89. The van der Waals surface area contributed by atoms with Crippen molar-refractivity contribution in [2.75, 3.05) is 31.4 Å². The van der Waals surface area contributed by atoms with Gasteiger partial charge in [-0.1, -0.05) is 11.6 Å². The van der Waals surface area contributed by atoms with Gasteiger partial charge >= 0.3 is 6.03 Å². The highest BCUT2D eigenvalue weighted by molar-refractivity contribution is 6.30. The summed E-state index contributed by atoms with van der Waals surface area (Å²) in [5.41, 5.74) is 1.49. The van der Waals surface area contributed by atoms with Gasteiger partial charge in [0.25, 0.3) is 0 Å². The maximum absolute atomic E-state index is 14.9. The quantitative estimate of drug-likeness (QED) is 0.491. The Kier molecular flexibility index (Phi) is 7.64. The molecule has 1 saturated heterocycles. The molecule has 0 radical (unpaired) electrons. The second kappa shape index (κ2) is 10.9. The van der Waals surface area contributed by atoms with E-state index in [1.54, 1.807) is 30.3 Å². The number of aromatic nitrogens is 1. The number of methoxy groups -OCH3 is 2. The van der Waals surface area contributed by atoms with E-state index in [1.165, 1.54) is 37.6 Å². The highest BCUT2D eigenvalue weighted by Gasteiger charge is 2.40. The van der Waals surface area contributed by atoms with E-state index in [2.05, 4.69) is 15.6 Å². The van der Waals surface area contributed by atoms with E-state index in [1.807, 2.05) is 0 Å². The number of oxazole rings is 1. The first-order valence-corrected chi connectivity index (χ1v) is 11.2. The Morgan fingerprint density at radius 1 is 1.20 bits per heavy atom. The summed E-state index contributed by atoms with van der Waals surface area (Å²) in [6, 6.07) is 9.56. The molecule has 1 aromatic heterocycles. The molecule has 0 unspecified atom stereocenters. The van der Waals surface area contributed by atoms with Crippen LogP contribution in [0.5, 0.6) is 0 Å². The van der Waals surface area contributed by atoms with Crippen LogP contribution in [0.15, 0.2) is 53.3 Å². The fourth-order valence-electron chi connectivity index (χ4n) is 3.89. The third-order valence-electron chi connectivity index (χ3n) is 5.67. The molecule has 2 heterocycles. The molecule has 1 aliphatic rings. The van der Waals surface area contributed by atoms with Crippen molar-refractivity contribution in [3.05, 3.63) is 65.4 Å². The van der Waals surface area contributed by atoms with E-state index in [4.69, 9.17) is 25.5 Å². The highest BCUT2D eigenvalue weighted by atomic mass is 35.5. The minimum Gasteiger partial charge on any atom is -0.443 e. The molecule has 9 nitrogen and oxygen atoms in total. The van der Waals surface area contributed by atoms with Crippen molar-refractivity contribution in [3.8, 4) is 11.3 Å². The summed E-state index contributed by atoms with van der Waals surface area (Å²) in [4.78, 5) is 31.4. The number of amides is 3. The lowest BCUT2D eigenvalue weighted by molar-refractivity contribution is -0.119. The van der Waals surface area contributed by atoms with E-state index >= 15 is 0 Å². The second-order valence-corrected chi connectivity index (χ2v) is 8.38. The van der Waals surface area contributed by atoms with E-state index in [9.17, 15) is 14.0 Å². The Morgan fingerprint density at radius 2 is 1.97 bits per heavy atom. The van der Waals surface area contributed by atoms with Crippen molar-refractivity contribution in [2.45, 2.75) is 25.2 Å². The van der Waals surface area contributed by atoms with Gasteiger partial charge < -0.3 is 29.4 Å². The molecule has 2 atom stereocenters. The van der Waals surface area contributed by atoms with Gasteiger partial charge in [-0.2, -0.15) is 0 Å². The minimum atomic E-state index is -0.853. The molecule has 2 N–H and O–H groups in total. The Balaban J connectivity index is 1.48. The molecule has 2 aromatic carbocycles. The number of carbonyl (C=O) groups is 2. The van der Waals surface area contributed by atoms with Crippen molar-refractivity contribution < 1.29 is 27.9 Å².